The van der Waals surface area contributed by atoms with Crippen LogP contribution in [0.1, 0.15) is 0 Å². The van der Waals surface area contributed by atoms with Gasteiger partial charge in [0, 0.05) is 0 Å². The molecule has 20 heavy (non-hydrogen) atoms. The molecule has 0 saturated carbocycles. The summed E-state index contributed by atoms with van der Waals surface area (Å²) in [7, 11) is 0. The number of nitrogens with one attached hydrogen (secondary N) is 1. The van der Waals surface area contributed by atoms with Gasteiger partial charge >= 0.3 is 0 Å². The molecule has 0 unspecified atom stereocenters. The van der Waals surface area contributed by atoms with E-state index >= 15 is 0 Å². The molecule has 0 aliphatic carbocycles. The smallest absolute Gasteiger partial charge is 0.262 e. The van der Waals surface area contributed by atoms with Crippen molar-refractivity contribution in [3.63, 3.8) is 0 Å². The summed E-state index contributed by atoms with van der Waals surface area (Å²) >= 11 is 3.12. The predicted octanol–water partition coefficient (Wildman–Crippen LogP) is 3.74. The fourth-order valence-corrected chi connectivity index (χ4v) is 1.95. The molecule has 0 aliphatic heterocycles. The van der Waals surface area contributed by atoms with Crippen molar-refractivity contribution in [1.82, 2.24) is 0 Å². The third-order valence-electron chi connectivity index (χ3n) is 2.40. The summed E-state index contributed by atoms with van der Waals surface area (Å²) in [4.78, 5) is 11.6. The van der Waals surface area contributed by atoms with Crippen molar-refractivity contribution >= 4 is 27.5 Å². The lowest BCUT2D eigenvalue weighted by Crippen LogP contribution is -2.20. The van der Waals surface area contributed by atoms with Crippen molar-refractivity contribution in [3.05, 3.63) is 58.6 Å². The van der Waals surface area contributed by atoms with E-state index in [9.17, 15) is 13.6 Å². The van der Waals surface area contributed by atoms with Crippen LogP contribution in [-0.2, 0) is 4.79 Å². The van der Waals surface area contributed by atoms with Crippen LogP contribution in [0.2, 0.25) is 0 Å². The van der Waals surface area contributed by atoms with Crippen molar-refractivity contribution in [3.8, 4) is 5.75 Å². The molecule has 0 aliphatic rings. The number of carbonyl (C=O) groups excluding carboxylic acids is 1. The van der Waals surface area contributed by atoms with Gasteiger partial charge in [-0.3, -0.25) is 4.79 Å². The molecule has 0 bridgehead atoms. The number of ether oxygens (including phenoxy) is 1. The van der Waals surface area contributed by atoms with Gasteiger partial charge < -0.3 is 10.1 Å². The molecule has 2 aromatic rings. The molecule has 0 aromatic heterocycles. The van der Waals surface area contributed by atoms with Gasteiger partial charge in [0.25, 0.3) is 5.91 Å². The summed E-state index contributed by atoms with van der Waals surface area (Å²) in [6.07, 6.45) is 0. The Bertz CT molecular complexity index is 634. The Morgan fingerprint density at radius 3 is 2.65 bits per heavy atom. The van der Waals surface area contributed by atoms with Gasteiger partial charge in [0.05, 0.1) is 10.2 Å². The minimum atomic E-state index is -0.524. The van der Waals surface area contributed by atoms with Gasteiger partial charge in [-0.15, -0.1) is 0 Å². The summed E-state index contributed by atoms with van der Waals surface area (Å²) in [5, 5.41) is 2.38. The van der Waals surface area contributed by atoms with Crippen molar-refractivity contribution in [1.29, 1.82) is 0 Å². The highest BCUT2D eigenvalue weighted by Gasteiger charge is 2.09. The topological polar surface area (TPSA) is 38.3 Å². The standard InChI is InChI=1S/C14H10BrF2NO2/c15-10-7-9(16)5-6-13(10)20-8-14(19)18-12-4-2-1-3-11(12)17/h1-7H,8H2,(H,18,19). The Balaban J connectivity index is 1.94. The van der Waals surface area contributed by atoms with Crippen molar-refractivity contribution in [2.75, 3.05) is 11.9 Å². The molecule has 0 radical (unpaired) electrons. The Kier molecular flexibility index (Phi) is 4.68. The number of carbonyl (C=O) groups is 1. The maximum atomic E-state index is 13.3. The first kappa shape index (κ1) is 14.5. The first-order valence-electron chi connectivity index (χ1n) is 5.68. The first-order chi connectivity index (χ1) is 9.56. The van der Waals surface area contributed by atoms with Crippen LogP contribution in [0, 0.1) is 11.6 Å². The van der Waals surface area contributed by atoms with Gasteiger partial charge in [0.2, 0.25) is 0 Å². The number of hydrogen-bond donors (Lipinski definition) is 1. The Morgan fingerprint density at radius 2 is 1.95 bits per heavy atom. The molecule has 0 spiro atoms. The fourth-order valence-electron chi connectivity index (χ4n) is 1.48. The lowest BCUT2D eigenvalue weighted by molar-refractivity contribution is -0.118. The molecule has 0 saturated heterocycles. The van der Waals surface area contributed by atoms with Crippen LogP contribution in [0.15, 0.2) is 46.9 Å². The number of para-hydroxylation sites is 1. The molecule has 0 atom stereocenters. The minimum Gasteiger partial charge on any atom is -0.483 e. The molecule has 0 heterocycles. The number of anilines is 1. The van der Waals surface area contributed by atoms with Crippen LogP contribution < -0.4 is 10.1 Å². The second-order valence-electron chi connectivity index (χ2n) is 3.89. The Labute approximate surface area is 122 Å². The zero-order valence-corrected chi connectivity index (χ0v) is 11.8. The Hall–Kier alpha value is -1.95. The minimum absolute atomic E-state index is 0.0827. The van der Waals surface area contributed by atoms with E-state index in [1.807, 2.05) is 0 Å². The molecule has 2 rings (SSSR count). The van der Waals surface area contributed by atoms with Crippen LogP contribution >= 0.6 is 15.9 Å². The van der Waals surface area contributed by atoms with Gasteiger partial charge in [-0.1, -0.05) is 12.1 Å². The van der Waals surface area contributed by atoms with E-state index in [1.165, 1.54) is 36.4 Å². The molecule has 0 fully saturated rings. The van der Waals surface area contributed by atoms with Crippen LogP contribution in [0.3, 0.4) is 0 Å². The molecule has 3 nitrogen and oxygen atoms in total. The number of amides is 1. The van der Waals surface area contributed by atoms with Gasteiger partial charge in [0.1, 0.15) is 17.4 Å². The lowest BCUT2D eigenvalue weighted by Gasteiger charge is -2.09. The molecule has 1 N–H and O–H groups in total. The maximum absolute atomic E-state index is 13.3. The summed E-state index contributed by atoms with van der Waals surface area (Å²) in [5.74, 6) is -1.12. The van der Waals surface area contributed by atoms with Gasteiger partial charge in [-0.05, 0) is 46.3 Å². The lowest BCUT2D eigenvalue weighted by atomic mass is 10.3. The third-order valence-corrected chi connectivity index (χ3v) is 3.02. The van der Waals surface area contributed by atoms with Gasteiger partial charge in [-0.25, -0.2) is 8.78 Å². The third kappa shape index (κ3) is 3.77. The highest BCUT2D eigenvalue weighted by atomic mass is 79.9. The molecular formula is C14H10BrF2NO2. The van der Waals surface area contributed by atoms with Crippen molar-refractivity contribution < 1.29 is 18.3 Å². The largest absolute Gasteiger partial charge is 0.483 e. The first-order valence-corrected chi connectivity index (χ1v) is 6.48. The van der Waals surface area contributed by atoms with Crippen molar-refractivity contribution in [2.24, 2.45) is 0 Å². The number of benzene rings is 2. The van der Waals surface area contributed by atoms with E-state index in [-0.39, 0.29) is 12.3 Å². The quantitative estimate of drug-likeness (QED) is 0.919. The fraction of sp³-hybridized carbons (Fsp3) is 0.0714. The van der Waals surface area contributed by atoms with Crippen LogP contribution in [0.4, 0.5) is 14.5 Å². The maximum Gasteiger partial charge on any atom is 0.262 e. The van der Waals surface area contributed by atoms with Crippen LogP contribution in [-0.4, -0.2) is 12.5 Å². The normalized spacial score (nSPS) is 10.2. The molecule has 1 amide bonds. The van der Waals surface area contributed by atoms with E-state index in [0.717, 1.165) is 0 Å². The van der Waals surface area contributed by atoms with E-state index in [1.54, 1.807) is 6.07 Å². The molecule has 6 heteroatoms. The predicted molar refractivity (Wildman–Crippen MR) is 74.6 cm³/mol. The highest BCUT2D eigenvalue weighted by Crippen LogP contribution is 2.25. The van der Waals surface area contributed by atoms with Gasteiger partial charge in [-0.2, -0.15) is 0 Å². The Morgan fingerprint density at radius 1 is 1.20 bits per heavy atom. The van der Waals surface area contributed by atoms with E-state index in [4.69, 9.17) is 4.74 Å². The van der Waals surface area contributed by atoms with E-state index < -0.39 is 17.5 Å². The number of halogens is 3. The van der Waals surface area contributed by atoms with Gasteiger partial charge in [0.15, 0.2) is 6.61 Å². The monoisotopic (exact) mass is 341 g/mol. The number of rotatable bonds is 4. The average Bonchev–Trinajstić information content (AvgIpc) is 2.40. The summed E-state index contributed by atoms with van der Waals surface area (Å²) in [6, 6.07) is 9.66. The SMILES string of the molecule is O=C(COc1ccc(F)cc1Br)Nc1ccccc1F. The second-order valence-corrected chi connectivity index (χ2v) is 4.75. The highest BCUT2D eigenvalue weighted by molar-refractivity contribution is 9.10. The van der Waals surface area contributed by atoms with Crippen molar-refractivity contribution in [2.45, 2.75) is 0 Å². The summed E-state index contributed by atoms with van der Waals surface area (Å²) in [6.45, 7) is -0.307. The zero-order chi connectivity index (χ0) is 14.5. The second kappa shape index (κ2) is 6.47. The van der Waals surface area contributed by atoms with E-state index in [0.29, 0.717) is 10.2 Å². The summed E-state index contributed by atoms with van der Waals surface area (Å²) in [5.41, 5.74) is 0.0827. The summed E-state index contributed by atoms with van der Waals surface area (Å²) < 4.78 is 31.8. The molecule has 2 aromatic carbocycles. The average molecular weight is 342 g/mol. The van der Waals surface area contributed by atoms with Crippen LogP contribution in [0.25, 0.3) is 0 Å². The molecule has 104 valence electrons. The molecular weight excluding hydrogens is 332 g/mol. The zero-order valence-electron chi connectivity index (χ0n) is 10.2. The number of hydrogen-bond acceptors (Lipinski definition) is 2. The van der Waals surface area contributed by atoms with Crippen LogP contribution in [0.5, 0.6) is 5.75 Å². The van der Waals surface area contributed by atoms with E-state index in [2.05, 4.69) is 21.2 Å².